The second kappa shape index (κ2) is 8.65. The fraction of sp³-hybridized carbons (Fsp3) is 0.217. The molecule has 1 aliphatic rings. The number of fused-ring (bicyclic) bond motifs is 1. The van der Waals surface area contributed by atoms with E-state index in [2.05, 4.69) is 27.5 Å². The molecule has 11 heteroatoms. The average Bonchev–Trinajstić information content (AvgIpc) is 3.61. The Kier molecular flexibility index (Phi) is 5.38. The van der Waals surface area contributed by atoms with Gasteiger partial charge in [0.25, 0.3) is 5.91 Å². The predicted octanol–water partition coefficient (Wildman–Crippen LogP) is 1.76. The summed E-state index contributed by atoms with van der Waals surface area (Å²) in [5.41, 5.74) is 9.62. The highest BCUT2D eigenvalue weighted by Gasteiger charge is 2.29. The number of nitrogens with two attached hydrogens (primary N) is 1. The lowest BCUT2D eigenvalue weighted by molar-refractivity contribution is 0.100. The van der Waals surface area contributed by atoms with E-state index in [1.807, 2.05) is 16.8 Å². The summed E-state index contributed by atoms with van der Waals surface area (Å²) in [5, 5.41) is 31.4. The molecule has 0 unspecified atom stereocenters. The summed E-state index contributed by atoms with van der Waals surface area (Å²) in [6.07, 6.45) is 7.04. The van der Waals surface area contributed by atoms with Crippen LogP contribution < -0.4 is 16.0 Å². The smallest absolute Gasteiger partial charge is 0.252 e. The Labute approximate surface area is 194 Å². The zero-order valence-corrected chi connectivity index (χ0v) is 18.1. The number of aromatic nitrogens is 5. The van der Waals surface area contributed by atoms with Crippen molar-refractivity contribution in [2.24, 2.45) is 5.73 Å². The van der Waals surface area contributed by atoms with Gasteiger partial charge in [0.1, 0.15) is 18.3 Å². The number of hydrogen-bond acceptors (Lipinski definition) is 8. The molecule has 34 heavy (non-hydrogen) atoms. The van der Waals surface area contributed by atoms with Crippen LogP contribution in [0.1, 0.15) is 28.4 Å². The quantitative estimate of drug-likeness (QED) is 0.420. The molecule has 5 rings (SSSR count). The van der Waals surface area contributed by atoms with Gasteiger partial charge in [-0.1, -0.05) is 0 Å². The molecule has 1 amide bonds. The summed E-state index contributed by atoms with van der Waals surface area (Å²) in [7, 11) is 0. The first kappa shape index (κ1) is 21.1. The molecular formula is C23H20N10O. The molecule has 1 saturated heterocycles. The van der Waals surface area contributed by atoms with Crippen molar-refractivity contribution >= 4 is 22.8 Å². The van der Waals surface area contributed by atoms with Gasteiger partial charge in [0.05, 0.1) is 58.2 Å². The minimum absolute atomic E-state index is 0.0405. The van der Waals surface area contributed by atoms with Crippen LogP contribution in [0.2, 0.25) is 0 Å². The molecule has 11 nitrogen and oxygen atoms in total. The number of carbonyl (C=O) groups is 1. The van der Waals surface area contributed by atoms with Crippen LogP contribution in [0.4, 0.5) is 11.4 Å². The molecule has 4 aromatic rings. The number of rotatable bonds is 6. The van der Waals surface area contributed by atoms with E-state index >= 15 is 0 Å². The topological polar surface area (TPSA) is 154 Å². The zero-order valence-electron chi connectivity index (χ0n) is 18.1. The van der Waals surface area contributed by atoms with Crippen LogP contribution in [-0.4, -0.2) is 49.9 Å². The van der Waals surface area contributed by atoms with Crippen LogP contribution in [0.5, 0.6) is 0 Å². The summed E-state index contributed by atoms with van der Waals surface area (Å²) >= 11 is 0. The molecule has 3 N–H and O–H groups in total. The molecule has 0 aliphatic carbocycles. The number of nitrogens with zero attached hydrogens (tertiary/aromatic N) is 8. The highest BCUT2D eigenvalue weighted by molar-refractivity contribution is 6.00. The summed E-state index contributed by atoms with van der Waals surface area (Å²) in [4.78, 5) is 17.9. The van der Waals surface area contributed by atoms with Crippen molar-refractivity contribution in [3.63, 3.8) is 0 Å². The Bertz CT molecular complexity index is 1470. The predicted molar refractivity (Wildman–Crippen MR) is 123 cm³/mol. The number of pyridine rings is 1. The Hall–Kier alpha value is -4.74. The maximum absolute atomic E-state index is 12.1. The van der Waals surface area contributed by atoms with Crippen molar-refractivity contribution in [3.05, 3.63) is 60.2 Å². The molecule has 0 radical (unpaired) electrons. The first-order valence-corrected chi connectivity index (χ1v) is 10.7. The first-order valence-electron chi connectivity index (χ1n) is 10.7. The van der Waals surface area contributed by atoms with Gasteiger partial charge in [0.2, 0.25) is 0 Å². The number of carbonyl (C=O) groups excluding carboxylic acids is 1. The standard InChI is InChI=1S/C23H20N10O/c24-5-8-31(19-4-7-28-13-18(19)23(26)34)21-14-30-33(17-3-6-27-12-17)22(21)20-2-1-16-9-15(10-25)11-29-32(16)20/h1-2,4,7,9,11,13-14,17,27H,3,6,8,12H2,(H2,26,34)/t17-/m0/s1. The molecular weight excluding hydrogens is 432 g/mol. The largest absolute Gasteiger partial charge is 0.365 e. The summed E-state index contributed by atoms with van der Waals surface area (Å²) in [5.74, 6) is -0.640. The van der Waals surface area contributed by atoms with E-state index < -0.39 is 5.91 Å². The monoisotopic (exact) mass is 452 g/mol. The average molecular weight is 452 g/mol. The van der Waals surface area contributed by atoms with Crippen molar-refractivity contribution in [1.29, 1.82) is 10.5 Å². The highest BCUT2D eigenvalue weighted by atomic mass is 16.1. The Morgan fingerprint density at radius 2 is 2.09 bits per heavy atom. The molecule has 1 aliphatic heterocycles. The molecule has 1 atom stereocenters. The van der Waals surface area contributed by atoms with Crippen LogP contribution in [0.15, 0.2) is 49.1 Å². The van der Waals surface area contributed by atoms with Gasteiger partial charge < -0.3 is 16.0 Å². The lowest BCUT2D eigenvalue weighted by Gasteiger charge is -2.24. The van der Waals surface area contributed by atoms with Gasteiger partial charge in [-0.15, -0.1) is 0 Å². The number of hydrogen-bond donors (Lipinski definition) is 2. The SMILES string of the molecule is N#CCN(c1ccncc1C(N)=O)c1cnn([C@H]2CCNC2)c1-c1ccc2cc(C#N)cnn12. The number of anilines is 2. The first-order chi connectivity index (χ1) is 16.6. The van der Waals surface area contributed by atoms with Gasteiger partial charge in [0, 0.05) is 18.9 Å². The highest BCUT2D eigenvalue weighted by Crippen LogP contribution is 2.39. The molecule has 1 fully saturated rings. The minimum Gasteiger partial charge on any atom is -0.365 e. The lowest BCUT2D eigenvalue weighted by atomic mass is 10.1. The molecule has 5 heterocycles. The maximum Gasteiger partial charge on any atom is 0.252 e. The third-order valence-corrected chi connectivity index (χ3v) is 5.90. The zero-order chi connectivity index (χ0) is 23.7. The lowest BCUT2D eigenvalue weighted by Crippen LogP contribution is -2.23. The van der Waals surface area contributed by atoms with Crippen molar-refractivity contribution in [1.82, 2.24) is 29.7 Å². The van der Waals surface area contributed by atoms with E-state index in [9.17, 15) is 15.3 Å². The van der Waals surface area contributed by atoms with Crippen LogP contribution in [0.3, 0.4) is 0 Å². The van der Waals surface area contributed by atoms with Gasteiger partial charge in [-0.05, 0) is 37.2 Å². The maximum atomic E-state index is 12.1. The fourth-order valence-electron chi connectivity index (χ4n) is 4.35. The summed E-state index contributed by atoms with van der Waals surface area (Å²) in [6.45, 7) is 1.58. The molecule has 0 aromatic carbocycles. The van der Waals surface area contributed by atoms with Gasteiger partial charge in [-0.25, -0.2) is 4.52 Å². The Balaban J connectivity index is 1.75. The molecule has 0 saturated carbocycles. The second-order valence-electron chi connectivity index (χ2n) is 7.88. The molecule has 0 spiro atoms. The van der Waals surface area contributed by atoms with E-state index in [4.69, 9.17) is 10.8 Å². The van der Waals surface area contributed by atoms with Crippen molar-refractivity contribution < 1.29 is 4.79 Å². The second-order valence-corrected chi connectivity index (χ2v) is 7.88. The normalized spacial score (nSPS) is 15.2. The third-order valence-electron chi connectivity index (χ3n) is 5.90. The molecule has 168 valence electrons. The number of primary amides is 1. The van der Waals surface area contributed by atoms with Crippen molar-refractivity contribution in [3.8, 4) is 23.5 Å². The van der Waals surface area contributed by atoms with Gasteiger partial charge in [-0.2, -0.15) is 20.7 Å². The van der Waals surface area contributed by atoms with E-state index in [-0.39, 0.29) is 18.2 Å². The van der Waals surface area contributed by atoms with Crippen LogP contribution in [-0.2, 0) is 0 Å². The summed E-state index contributed by atoms with van der Waals surface area (Å²) < 4.78 is 3.68. The molecule has 0 bridgehead atoms. The number of amides is 1. The van der Waals surface area contributed by atoms with E-state index in [0.29, 0.717) is 16.9 Å². The van der Waals surface area contributed by atoms with E-state index in [0.717, 1.165) is 36.4 Å². The Morgan fingerprint density at radius 3 is 2.82 bits per heavy atom. The minimum atomic E-state index is -0.640. The third kappa shape index (κ3) is 3.50. The Morgan fingerprint density at radius 1 is 1.21 bits per heavy atom. The number of nitrogens with one attached hydrogen (secondary N) is 1. The summed E-state index contributed by atoms with van der Waals surface area (Å²) in [6, 6.07) is 11.6. The van der Waals surface area contributed by atoms with Crippen LogP contribution in [0, 0.1) is 22.7 Å². The van der Waals surface area contributed by atoms with Gasteiger partial charge in [-0.3, -0.25) is 14.5 Å². The van der Waals surface area contributed by atoms with Crippen molar-refractivity contribution in [2.75, 3.05) is 24.5 Å². The van der Waals surface area contributed by atoms with E-state index in [1.54, 1.807) is 33.9 Å². The van der Waals surface area contributed by atoms with Crippen LogP contribution >= 0.6 is 0 Å². The number of nitriles is 2. The van der Waals surface area contributed by atoms with E-state index in [1.165, 1.54) is 12.4 Å². The van der Waals surface area contributed by atoms with Gasteiger partial charge >= 0.3 is 0 Å². The van der Waals surface area contributed by atoms with Crippen LogP contribution in [0.25, 0.3) is 16.9 Å². The van der Waals surface area contributed by atoms with Crippen molar-refractivity contribution in [2.45, 2.75) is 12.5 Å². The fourth-order valence-corrected chi connectivity index (χ4v) is 4.35. The van der Waals surface area contributed by atoms with Gasteiger partial charge in [0.15, 0.2) is 0 Å². The molecule has 4 aromatic heterocycles.